The van der Waals surface area contributed by atoms with Crippen molar-refractivity contribution in [3.05, 3.63) is 36.0 Å². The lowest BCUT2D eigenvalue weighted by molar-refractivity contribution is -0.143. The van der Waals surface area contributed by atoms with Crippen LogP contribution >= 0.6 is 12.4 Å². The van der Waals surface area contributed by atoms with Gasteiger partial charge in [0, 0.05) is 22.7 Å². The van der Waals surface area contributed by atoms with Gasteiger partial charge in [-0.1, -0.05) is 18.2 Å². The van der Waals surface area contributed by atoms with Crippen LogP contribution in [0.4, 0.5) is 0 Å². The number of hydrogen-bond donors (Lipinski definition) is 2. The van der Waals surface area contributed by atoms with Gasteiger partial charge in [0.05, 0.1) is 6.61 Å². The number of para-hydroxylation sites is 1. The largest absolute Gasteiger partial charge is 0.464 e. The number of esters is 1. The van der Waals surface area contributed by atoms with Crippen LogP contribution in [0.3, 0.4) is 0 Å². The summed E-state index contributed by atoms with van der Waals surface area (Å²) < 4.78 is 4.74. The zero-order valence-corrected chi connectivity index (χ0v) is 11.2. The monoisotopic (exact) mass is 282 g/mol. The van der Waals surface area contributed by atoms with E-state index in [0.717, 1.165) is 10.9 Å². The summed E-state index contributed by atoms with van der Waals surface area (Å²) in [5.74, 6) is -1.14. The molecule has 0 saturated carbocycles. The molecular formula is C13H15ClN2O3. The van der Waals surface area contributed by atoms with E-state index in [1.54, 1.807) is 19.2 Å². The molecule has 0 aliphatic heterocycles. The maximum Gasteiger partial charge on any atom is 0.331 e. The number of H-pyrrole nitrogens is 1. The number of benzene rings is 1. The summed E-state index contributed by atoms with van der Waals surface area (Å²) in [7, 11) is 0. The Morgan fingerprint density at radius 1 is 1.37 bits per heavy atom. The summed E-state index contributed by atoms with van der Waals surface area (Å²) in [6.45, 7) is 1.87. The highest BCUT2D eigenvalue weighted by molar-refractivity contribution is 6.17. The highest BCUT2D eigenvalue weighted by Crippen LogP contribution is 2.19. The Bertz CT molecular complexity index is 594. The van der Waals surface area contributed by atoms with Crippen LogP contribution in [0.2, 0.25) is 0 Å². The maximum atomic E-state index is 12.1. The Morgan fingerprint density at radius 3 is 2.74 bits per heavy atom. The number of nitrogens with one attached hydrogen (secondary N) is 1. The number of ketones is 1. The van der Waals surface area contributed by atoms with Gasteiger partial charge < -0.3 is 15.5 Å². The van der Waals surface area contributed by atoms with Crippen molar-refractivity contribution in [2.24, 2.45) is 5.73 Å². The molecule has 102 valence electrons. The van der Waals surface area contributed by atoms with Gasteiger partial charge in [0.25, 0.3) is 0 Å². The van der Waals surface area contributed by atoms with Crippen molar-refractivity contribution in [3.8, 4) is 0 Å². The second kappa shape index (κ2) is 6.36. The molecule has 3 N–H and O–H groups in total. The molecule has 2 rings (SSSR count). The minimum atomic E-state index is -1.27. The lowest BCUT2D eigenvalue weighted by Crippen LogP contribution is -2.39. The van der Waals surface area contributed by atoms with Gasteiger partial charge in [-0.2, -0.15) is 0 Å². The summed E-state index contributed by atoms with van der Waals surface area (Å²) in [6, 6.07) is 6.06. The SMILES string of the molecule is CCOC(=O)C(N)C(=O)c1c[nH]c2ccccc12.Cl. The number of aromatic amines is 1. The van der Waals surface area contributed by atoms with E-state index >= 15 is 0 Å². The minimum Gasteiger partial charge on any atom is -0.464 e. The number of Topliss-reactive ketones (excluding diaryl/α,β-unsaturated/α-hetero) is 1. The molecule has 1 atom stereocenters. The molecule has 0 bridgehead atoms. The normalized spacial score (nSPS) is 11.7. The van der Waals surface area contributed by atoms with E-state index in [4.69, 9.17) is 10.5 Å². The zero-order chi connectivity index (χ0) is 13.1. The number of nitrogens with two attached hydrogens (primary N) is 1. The average Bonchev–Trinajstić information content (AvgIpc) is 2.81. The minimum absolute atomic E-state index is 0. The zero-order valence-electron chi connectivity index (χ0n) is 10.4. The first-order valence-corrected chi connectivity index (χ1v) is 5.67. The van der Waals surface area contributed by atoms with Crippen LogP contribution in [0.1, 0.15) is 17.3 Å². The van der Waals surface area contributed by atoms with Gasteiger partial charge in [0.1, 0.15) is 0 Å². The molecule has 19 heavy (non-hydrogen) atoms. The van der Waals surface area contributed by atoms with E-state index in [-0.39, 0.29) is 19.0 Å². The molecule has 0 spiro atoms. The highest BCUT2D eigenvalue weighted by Gasteiger charge is 2.26. The number of fused-ring (bicyclic) bond motifs is 1. The maximum absolute atomic E-state index is 12.1. The van der Waals surface area contributed by atoms with Crippen LogP contribution in [-0.2, 0) is 9.53 Å². The van der Waals surface area contributed by atoms with Gasteiger partial charge in [-0.15, -0.1) is 12.4 Å². The summed E-state index contributed by atoms with van der Waals surface area (Å²) in [5, 5.41) is 0.752. The van der Waals surface area contributed by atoms with Crippen molar-refractivity contribution in [1.29, 1.82) is 0 Å². The molecule has 0 fully saturated rings. The Morgan fingerprint density at radius 2 is 2.05 bits per heavy atom. The first-order valence-electron chi connectivity index (χ1n) is 5.67. The van der Waals surface area contributed by atoms with E-state index in [0.29, 0.717) is 5.56 Å². The molecule has 0 saturated heterocycles. The highest BCUT2D eigenvalue weighted by atomic mass is 35.5. The Balaban J connectivity index is 0.00000180. The lowest BCUT2D eigenvalue weighted by Gasteiger charge is -2.08. The summed E-state index contributed by atoms with van der Waals surface area (Å²) in [5.41, 5.74) is 6.83. The van der Waals surface area contributed by atoms with E-state index in [2.05, 4.69) is 4.98 Å². The Hall–Kier alpha value is -1.85. The van der Waals surface area contributed by atoms with Crippen molar-refractivity contribution >= 4 is 35.1 Å². The molecule has 2 aromatic rings. The quantitative estimate of drug-likeness (QED) is 0.507. The molecule has 1 unspecified atom stereocenters. The number of carbonyl (C=O) groups is 2. The topological polar surface area (TPSA) is 85.2 Å². The number of hydrogen-bond acceptors (Lipinski definition) is 4. The third kappa shape index (κ3) is 2.94. The number of halogens is 1. The van der Waals surface area contributed by atoms with Crippen LogP contribution in [0, 0.1) is 0 Å². The van der Waals surface area contributed by atoms with Crippen LogP contribution in [0.15, 0.2) is 30.5 Å². The van der Waals surface area contributed by atoms with Crippen molar-refractivity contribution in [3.63, 3.8) is 0 Å². The molecule has 5 nitrogen and oxygen atoms in total. The second-order valence-electron chi connectivity index (χ2n) is 3.84. The smallest absolute Gasteiger partial charge is 0.331 e. The fraction of sp³-hybridized carbons (Fsp3) is 0.231. The number of rotatable bonds is 4. The fourth-order valence-corrected chi connectivity index (χ4v) is 1.78. The molecular weight excluding hydrogens is 268 g/mol. The first-order chi connectivity index (χ1) is 8.65. The van der Waals surface area contributed by atoms with Crippen LogP contribution in [0.5, 0.6) is 0 Å². The number of carbonyl (C=O) groups excluding carboxylic acids is 2. The molecule has 1 heterocycles. The van der Waals surface area contributed by atoms with E-state index in [1.807, 2.05) is 18.2 Å². The standard InChI is InChI=1S/C13H14N2O3.ClH/c1-2-18-13(17)11(14)12(16)9-7-15-10-6-4-3-5-8(9)10;/h3-7,11,15H,2,14H2,1H3;1H. The molecule has 6 heteroatoms. The fourth-order valence-electron chi connectivity index (χ4n) is 1.78. The van der Waals surface area contributed by atoms with Gasteiger partial charge in [-0.05, 0) is 13.0 Å². The third-order valence-corrected chi connectivity index (χ3v) is 2.68. The van der Waals surface area contributed by atoms with E-state index in [1.165, 1.54) is 0 Å². The van der Waals surface area contributed by atoms with Gasteiger partial charge in [-0.25, -0.2) is 4.79 Å². The van der Waals surface area contributed by atoms with Gasteiger partial charge in [0.2, 0.25) is 0 Å². The van der Waals surface area contributed by atoms with Gasteiger partial charge in [0.15, 0.2) is 11.8 Å². The average molecular weight is 283 g/mol. The predicted molar refractivity (Wildman–Crippen MR) is 74.5 cm³/mol. The Kier molecular flexibility index (Phi) is 5.09. The van der Waals surface area contributed by atoms with E-state index < -0.39 is 17.8 Å². The lowest BCUT2D eigenvalue weighted by atomic mass is 10.0. The van der Waals surface area contributed by atoms with Crippen LogP contribution < -0.4 is 5.73 Å². The Labute approximate surface area is 116 Å². The van der Waals surface area contributed by atoms with Crippen molar-refractivity contribution in [2.45, 2.75) is 13.0 Å². The molecule has 0 aliphatic rings. The van der Waals surface area contributed by atoms with Gasteiger partial charge in [-0.3, -0.25) is 4.79 Å². The van der Waals surface area contributed by atoms with Gasteiger partial charge >= 0.3 is 5.97 Å². The first kappa shape index (κ1) is 15.2. The van der Waals surface area contributed by atoms with Crippen LogP contribution in [0.25, 0.3) is 10.9 Å². The molecule has 1 aromatic carbocycles. The molecule has 0 amide bonds. The third-order valence-electron chi connectivity index (χ3n) is 2.68. The molecule has 0 aliphatic carbocycles. The summed E-state index contributed by atoms with van der Waals surface area (Å²) in [4.78, 5) is 26.5. The van der Waals surface area contributed by atoms with Crippen molar-refractivity contribution < 1.29 is 14.3 Å². The van der Waals surface area contributed by atoms with Crippen LogP contribution in [-0.4, -0.2) is 29.4 Å². The predicted octanol–water partition coefficient (Wildman–Crippen LogP) is 1.66. The summed E-state index contributed by atoms with van der Waals surface area (Å²) in [6.07, 6.45) is 1.56. The number of aromatic nitrogens is 1. The number of ether oxygens (including phenoxy) is 1. The van der Waals surface area contributed by atoms with Crippen molar-refractivity contribution in [2.75, 3.05) is 6.61 Å². The molecule has 1 aromatic heterocycles. The van der Waals surface area contributed by atoms with Crippen molar-refractivity contribution in [1.82, 2.24) is 4.98 Å². The molecule has 0 radical (unpaired) electrons. The summed E-state index contributed by atoms with van der Waals surface area (Å²) >= 11 is 0. The van der Waals surface area contributed by atoms with E-state index in [9.17, 15) is 9.59 Å². The second-order valence-corrected chi connectivity index (χ2v) is 3.84.